The first-order valence-electron chi connectivity index (χ1n) is 6.76. The van der Waals surface area contributed by atoms with Gasteiger partial charge in [0.25, 0.3) is 0 Å². The van der Waals surface area contributed by atoms with Crippen LogP contribution in [0.4, 0.5) is 0 Å². The van der Waals surface area contributed by atoms with Crippen molar-refractivity contribution in [3.8, 4) is 0 Å². The van der Waals surface area contributed by atoms with E-state index in [4.69, 9.17) is 15.7 Å². The van der Waals surface area contributed by atoms with E-state index in [1.807, 2.05) is 0 Å². The second-order valence-corrected chi connectivity index (χ2v) is 5.86. The molecule has 1 fully saturated rings. The quantitative estimate of drug-likeness (QED) is 0.249. The van der Waals surface area contributed by atoms with Crippen molar-refractivity contribution in [1.29, 1.82) is 0 Å². The molecule has 1 aliphatic rings. The molecule has 1 aliphatic heterocycles. The van der Waals surface area contributed by atoms with Crippen molar-refractivity contribution in [2.75, 3.05) is 32.8 Å². The predicted molar refractivity (Wildman–Crippen MR) is 72.8 cm³/mol. The second-order valence-electron chi connectivity index (χ2n) is 5.86. The van der Waals surface area contributed by atoms with Gasteiger partial charge in [0.15, 0.2) is 0 Å². The zero-order valence-corrected chi connectivity index (χ0v) is 11.9. The van der Waals surface area contributed by atoms with Gasteiger partial charge in [-0.1, -0.05) is 25.9 Å². The Bertz CT molecular complexity index is 271. The van der Waals surface area contributed by atoms with Crippen LogP contribution < -0.4 is 5.73 Å². The number of amidine groups is 1. The smallest absolute Gasteiger partial charge is 0.145 e. The SMILES string of the molecule is CC(C)COCCN1CCC(C)(C(N)=NO)CC1. The highest BCUT2D eigenvalue weighted by atomic mass is 16.5. The summed E-state index contributed by atoms with van der Waals surface area (Å²) in [6, 6.07) is 0. The third kappa shape index (κ3) is 4.46. The molecule has 0 aromatic heterocycles. The maximum absolute atomic E-state index is 8.77. The summed E-state index contributed by atoms with van der Waals surface area (Å²) in [4.78, 5) is 2.38. The van der Waals surface area contributed by atoms with Gasteiger partial charge in [-0.25, -0.2) is 0 Å². The average molecular weight is 257 g/mol. The Morgan fingerprint density at radius 3 is 2.56 bits per heavy atom. The van der Waals surface area contributed by atoms with Crippen molar-refractivity contribution in [2.45, 2.75) is 33.6 Å². The van der Waals surface area contributed by atoms with Crippen molar-refractivity contribution < 1.29 is 9.94 Å². The van der Waals surface area contributed by atoms with E-state index in [-0.39, 0.29) is 5.41 Å². The number of rotatable bonds is 6. The molecular formula is C13H27N3O2. The molecule has 0 amide bonds. The van der Waals surface area contributed by atoms with Crippen LogP contribution in [0.3, 0.4) is 0 Å². The Morgan fingerprint density at radius 2 is 2.06 bits per heavy atom. The average Bonchev–Trinajstić information content (AvgIpc) is 2.35. The summed E-state index contributed by atoms with van der Waals surface area (Å²) in [5.41, 5.74) is 5.59. The summed E-state index contributed by atoms with van der Waals surface area (Å²) in [5, 5.41) is 11.9. The summed E-state index contributed by atoms with van der Waals surface area (Å²) in [6.07, 6.45) is 1.88. The highest BCUT2D eigenvalue weighted by Crippen LogP contribution is 2.30. The molecule has 18 heavy (non-hydrogen) atoms. The minimum absolute atomic E-state index is 0.149. The zero-order chi connectivity index (χ0) is 13.6. The van der Waals surface area contributed by atoms with Crippen LogP contribution >= 0.6 is 0 Å². The first kappa shape index (κ1) is 15.2. The third-order valence-electron chi connectivity index (χ3n) is 3.69. The van der Waals surface area contributed by atoms with Crippen molar-refractivity contribution in [2.24, 2.45) is 22.2 Å². The Morgan fingerprint density at radius 1 is 1.44 bits per heavy atom. The van der Waals surface area contributed by atoms with Crippen LogP contribution in [0.5, 0.6) is 0 Å². The number of hydrogen-bond donors (Lipinski definition) is 2. The molecule has 0 aliphatic carbocycles. The number of nitrogens with two attached hydrogens (primary N) is 1. The summed E-state index contributed by atoms with van der Waals surface area (Å²) < 4.78 is 5.59. The molecule has 0 bridgehead atoms. The van der Waals surface area contributed by atoms with E-state index in [0.717, 1.165) is 45.7 Å². The first-order valence-corrected chi connectivity index (χ1v) is 6.76. The molecule has 5 nitrogen and oxygen atoms in total. The fraction of sp³-hybridized carbons (Fsp3) is 0.923. The van der Waals surface area contributed by atoms with Crippen LogP contribution in [0.25, 0.3) is 0 Å². The predicted octanol–water partition coefficient (Wildman–Crippen LogP) is 1.51. The van der Waals surface area contributed by atoms with E-state index in [9.17, 15) is 0 Å². The summed E-state index contributed by atoms with van der Waals surface area (Å²) in [5.74, 6) is 0.952. The van der Waals surface area contributed by atoms with Gasteiger partial charge in [-0.05, 0) is 31.8 Å². The van der Waals surface area contributed by atoms with Crippen LogP contribution in [-0.2, 0) is 4.74 Å². The van der Waals surface area contributed by atoms with Gasteiger partial charge in [0.2, 0.25) is 0 Å². The topological polar surface area (TPSA) is 71.1 Å². The Labute approximate surface area is 110 Å². The fourth-order valence-corrected chi connectivity index (χ4v) is 2.16. The van der Waals surface area contributed by atoms with Gasteiger partial charge in [0.1, 0.15) is 5.84 Å². The normalized spacial score (nSPS) is 21.4. The van der Waals surface area contributed by atoms with Crippen LogP contribution in [0.15, 0.2) is 5.16 Å². The lowest BCUT2D eigenvalue weighted by molar-refractivity contribution is 0.0695. The maximum atomic E-state index is 8.77. The van der Waals surface area contributed by atoms with E-state index in [2.05, 4.69) is 30.8 Å². The Balaban J connectivity index is 2.23. The lowest BCUT2D eigenvalue weighted by Crippen LogP contribution is -2.46. The van der Waals surface area contributed by atoms with Gasteiger partial charge in [-0.3, -0.25) is 0 Å². The molecule has 1 rings (SSSR count). The minimum atomic E-state index is -0.149. The van der Waals surface area contributed by atoms with Gasteiger partial charge in [0.05, 0.1) is 6.61 Å². The molecule has 0 unspecified atom stereocenters. The van der Waals surface area contributed by atoms with Crippen LogP contribution in [0.1, 0.15) is 33.6 Å². The van der Waals surface area contributed by atoms with Gasteiger partial charge in [-0.15, -0.1) is 0 Å². The number of likely N-dealkylation sites (tertiary alicyclic amines) is 1. The van der Waals surface area contributed by atoms with Gasteiger partial charge >= 0.3 is 0 Å². The number of nitrogens with zero attached hydrogens (tertiary/aromatic N) is 2. The molecule has 1 saturated heterocycles. The Hall–Kier alpha value is -0.810. The van der Waals surface area contributed by atoms with E-state index in [1.54, 1.807) is 0 Å². The lowest BCUT2D eigenvalue weighted by atomic mass is 9.79. The van der Waals surface area contributed by atoms with Gasteiger partial charge in [-0.2, -0.15) is 0 Å². The fourth-order valence-electron chi connectivity index (χ4n) is 2.16. The molecule has 0 saturated carbocycles. The molecule has 0 radical (unpaired) electrons. The summed E-state index contributed by atoms with van der Waals surface area (Å²) in [7, 11) is 0. The molecule has 0 aromatic carbocycles. The molecule has 3 N–H and O–H groups in total. The van der Waals surface area contributed by atoms with Gasteiger partial charge in [0, 0.05) is 18.6 Å². The van der Waals surface area contributed by atoms with Crippen LogP contribution in [-0.4, -0.2) is 48.8 Å². The molecule has 5 heteroatoms. The first-order chi connectivity index (χ1) is 8.48. The zero-order valence-electron chi connectivity index (χ0n) is 11.9. The van der Waals surface area contributed by atoms with Crippen LogP contribution in [0, 0.1) is 11.3 Å². The van der Waals surface area contributed by atoms with E-state index in [0.29, 0.717) is 11.8 Å². The lowest BCUT2D eigenvalue weighted by Gasteiger charge is -2.38. The highest BCUT2D eigenvalue weighted by molar-refractivity contribution is 5.85. The largest absolute Gasteiger partial charge is 0.409 e. The minimum Gasteiger partial charge on any atom is -0.409 e. The monoisotopic (exact) mass is 257 g/mol. The van der Waals surface area contributed by atoms with Crippen molar-refractivity contribution in [3.05, 3.63) is 0 Å². The number of hydrogen-bond acceptors (Lipinski definition) is 4. The number of piperidine rings is 1. The Kier molecular flexibility index (Phi) is 5.88. The van der Waals surface area contributed by atoms with Crippen molar-refractivity contribution in [1.82, 2.24) is 4.90 Å². The standard InChI is InChI=1S/C13H27N3O2/c1-11(2)10-18-9-8-16-6-4-13(3,5-7-16)12(14)15-17/h11,17H,4-10H2,1-3H3,(H2,14,15). The highest BCUT2D eigenvalue weighted by Gasteiger charge is 2.33. The second kappa shape index (κ2) is 6.95. The van der Waals surface area contributed by atoms with Crippen molar-refractivity contribution in [3.63, 3.8) is 0 Å². The molecule has 0 spiro atoms. The maximum Gasteiger partial charge on any atom is 0.145 e. The number of oxime groups is 1. The van der Waals surface area contributed by atoms with Gasteiger partial charge < -0.3 is 20.6 Å². The van der Waals surface area contributed by atoms with E-state index in [1.165, 1.54) is 0 Å². The van der Waals surface area contributed by atoms with Crippen molar-refractivity contribution >= 4 is 5.84 Å². The summed E-state index contributed by atoms with van der Waals surface area (Å²) >= 11 is 0. The number of ether oxygens (including phenoxy) is 1. The molecule has 0 atom stereocenters. The molecular weight excluding hydrogens is 230 g/mol. The molecule has 0 aromatic rings. The summed E-state index contributed by atoms with van der Waals surface area (Å²) in [6.45, 7) is 10.9. The molecule has 1 heterocycles. The van der Waals surface area contributed by atoms with E-state index < -0.39 is 0 Å². The van der Waals surface area contributed by atoms with E-state index >= 15 is 0 Å². The third-order valence-corrected chi connectivity index (χ3v) is 3.69. The van der Waals surface area contributed by atoms with Crippen LogP contribution in [0.2, 0.25) is 0 Å². The molecule has 106 valence electrons.